The molecule has 47 heavy (non-hydrogen) atoms. The lowest BCUT2D eigenvalue weighted by atomic mass is 10.0. The SMILES string of the molecule is CCCCCCCCCCCCCCCCCc1cc2nc3ccc(N4CCCCC4)cc3sc-2c(N(C)C)/c1=N/CCCCCC. The lowest BCUT2D eigenvalue weighted by Gasteiger charge is -2.29. The Hall–Kier alpha value is -2.14. The molecule has 0 aromatic heterocycles. The van der Waals surface area contributed by atoms with Gasteiger partial charge in [0.05, 0.1) is 31.8 Å². The predicted molar refractivity (Wildman–Crippen MR) is 210 cm³/mol. The summed E-state index contributed by atoms with van der Waals surface area (Å²) in [4.78, 5) is 16.8. The molecule has 0 atom stereocenters. The highest BCUT2D eigenvalue weighted by molar-refractivity contribution is 7.22. The van der Waals surface area contributed by atoms with E-state index in [1.807, 2.05) is 11.3 Å². The second kappa shape index (κ2) is 21.8. The van der Waals surface area contributed by atoms with E-state index in [-0.39, 0.29) is 0 Å². The van der Waals surface area contributed by atoms with Crippen LogP contribution in [0.4, 0.5) is 11.4 Å². The van der Waals surface area contributed by atoms with Gasteiger partial charge in [-0.05, 0) is 68.4 Å². The van der Waals surface area contributed by atoms with E-state index < -0.39 is 0 Å². The van der Waals surface area contributed by atoms with Crippen LogP contribution < -0.4 is 15.2 Å². The van der Waals surface area contributed by atoms with Crippen LogP contribution in [0, 0.1) is 0 Å². The molecule has 0 N–H and O–H groups in total. The summed E-state index contributed by atoms with van der Waals surface area (Å²) in [5.41, 5.74) is 6.28. The summed E-state index contributed by atoms with van der Waals surface area (Å²) in [5.74, 6) is 0. The minimum atomic E-state index is 0.920. The number of fused-ring (bicyclic) bond motifs is 2. The summed E-state index contributed by atoms with van der Waals surface area (Å²) < 4.78 is 1.28. The molecule has 1 aromatic rings. The monoisotopic (exact) mass is 661 g/mol. The summed E-state index contributed by atoms with van der Waals surface area (Å²) in [5, 5.41) is 1.23. The van der Waals surface area contributed by atoms with Crippen molar-refractivity contribution in [3.63, 3.8) is 0 Å². The molecular weight excluding hydrogens is 593 g/mol. The van der Waals surface area contributed by atoms with E-state index in [9.17, 15) is 0 Å². The maximum absolute atomic E-state index is 5.34. The second-order valence-electron chi connectivity index (χ2n) is 14.5. The van der Waals surface area contributed by atoms with Crippen molar-refractivity contribution in [3.8, 4) is 10.6 Å². The summed E-state index contributed by atoms with van der Waals surface area (Å²) in [6.07, 6.45) is 31.1. The fourth-order valence-electron chi connectivity index (χ4n) is 7.33. The lowest BCUT2D eigenvalue weighted by molar-refractivity contribution is 0.532. The van der Waals surface area contributed by atoms with Crippen LogP contribution in [0.3, 0.4) is 0 Å². The second-order valence-corrected chi connectivity index (χ2v) is 15.6. The van der Waals surface area contributed by atoms with E-state index in [2.05, 4.69) is 62.0 Å². The molecular formula is C42H68N4S. The van der Waals surface area contributed by atoms with Crippen molar-refractivity contribution in [2.24, 2.45) is 4.99 Å². The number of hydrogen-bond acceptors (Lipinski definition) is 5. The summed E-state index contributed by atoms with van der Waals surface area (Å²) in [6.45, 7) is 7.85. The highest BCUT2D eigenvalue weighted by Gasteiger charge is 2.20. The fraction of sp³-hybridized carbons (Fsp3) is 0.714. The number of anilines is 2. The average Bonchev–Trinajstić information content (AvgIpc) is 3.09. The maximum Gasteiger partial charge on any atom is 0.0855 e. The van der Waals surface area contributed by atoms with E-state index in [1.165, 1.54) is 186 Å². The smallest absolute Gasteiger partial charge is 0.0855 e. The minimum absolute atomic E-state index is 0.920. The Bertz CT molecular complexity index is 1320. The maximum atomic E-state index is 5.34. The quantitative estimate of drug-likeness (QED) is 0.0749. The molecule has 5 heteroatoms. The molecule has 3 aliphatic rings. The third-order valence-electron chi connectivity index (χ3n) is 10.2. The van der Waals surface area contributed by atoms with Gasteiger partial charge in [-0.1, -0.05) is 123 Å². The summed E-state index contributed by atoms with van der Waals surface area (Å²) >= 11 is 1.91. The van der Waals surface area contributed by atoms with Gasteiger partial charge in [-0.2, -0.15) is 0 Å². The largest absolute Gasteiger partial charge is 0.375 e. The molecule has 0 spiro atoms. The van der Waals surface area contributed by atoms with Gasteiger partial charge in [-0.25, -0.2) is 4.98 Å². The topological polar surface area (TPSA) is 31.7 Å². The highest BCUT2D eigenvalue weighted by atomic mass is 32.1. The fourth-order valence-corrected chi connectivity index (χ4v) is 8.53. The van der Waals surface area contributed by atoms with Gasteiger partial charge in [0.25, 0.3) is 0 Å². The highest BCUT2D eigenvalue weighted by Crippen LogP contribution is 2.38. The number of aryl methyl sites for hydroxylation is 1. The van der Waals surface area contributed by atoms with Crippen LogP contribution in [-0.2, 0) is 6.42 Å². The number of benzene rings is 2. The van der Waals surface area contributed by atoms with E-state index in [0.29, 0.717) is 0 Å². The van der Waals surface area contributed by atoms with Crippen LogP contribution in [-0.4, -0.2) is 38.7 Å². The molecule has 0 bridgehead atoms. The Labute approximate surface area is 292 Å². The van der Waals surface area contributed by atoms with Gasteiger partial charge in [0.1, 0.15) is 0 Å². The number of aromatic nitrogens is 1. The molecule has 0 saturated carbocycles. The van der Waals surface area contributed by atoms with Gasteiger partial charge in [0.2, 0.25) is 0 Å². The first-order chi connectivity index (χ1) is 23.1. The van der Waals surface area contributed by atoms with Gasteiger partial charge in [-0.3, -0.25) is 4.99 Å². The molecule has 0 unspecified atom stereocenters. The molecule has 2 heterocycles. The molecule has 1 saturated heterocycles. The average molecular weight is 661 g/mol. The van der Waals surface area contributed by atoms with Crippen LogP contribution >= 0.6 is 11.3 Å². The van der Waals surface area contributed by atoms with Crippen molar-refractivity contribution in [2.45, 2.75) is 162 Å². The van der Waals surface area contributed by atoms with Crippen molar-refractivity contribution in [3.05, 3.63) is 35.2 Å². The first-order valence-electron chi connectivity index (χ1n) is 20.0. The van der Waals surface area contributed by atoms with Crippen molar-refractivity contribution >= 4 is 32.9 Å². The van der Waals surface area contributed by atoms with E-state index in [0.717, 1.165) is 24.2 Å². The van der Waals surface area contributed by atoms with Crippen molar-refractivity contribution in [2.75, 3.05) is 43.5 Å². The molecule has 1 aliphatic carbocycles. The predicted octanol–water partition coefficient (Wildman–Crippen LogP) is 12.4. The Morgan fingerprint density at radius 3 is 1.87 bits per heavy atom. The zero-order valence-corrected chi connectivity index (χ0v) is 31.7. The van der Waals surface area contributed by atoms with Gasteiger partial charge < -0.3 is 9.80 Å². The summed E-state index contributed by atoms with van der Waals surface area (Å²) in [7, 11) is 4.40. The first kappa shape index (κ1) is 37.7. The van der Waals surface area contributed by atoms with Gasteiger partial charge >= 0.3 is 0 Å². The van der Waals surface area contributed by atoms with Crippen molar-refractivity contribution in [1.82, 2.24) is 4.98 Å². The van der Waals surface area contributed by atoms with Gasteiger partial charge in [0, 0.05) is 39.4 Å². The van der Waals surface area contributed by atoms with Crippen molar-refractivity contribution in [1.29, 1.82) is 0 Å². The number of piperidine rings is 1. The van der Waals surface area contributed by atoms with Crippen LogP contribution in [0.1, 0.15) is 161 Å². The lowest BCUT2D eigenvalue weighted by Crippen LogP contribution is -2.29. The zero-order chi connectivity index (χ0) is 33.1. The molecule has 2 aliphatic heterocycles. The standard InChI is InChI=1S/C42H68N4S/c1-5-7-9-11-12-13-14-15-16-17-18-19-20-21-23-27-35-33-38-42(41(45(3)4)40(35)43-30-24-10-8-6-2)47-39-34-36(28-29-37(39)44-38)46-31-25-22-26-32-46/h28-29,33-34H,5-27,30-32H2,1-4H3/b43-40+. The minimum Gasteiger partial charge on any atom is -0.375 e. The number of nitrogens with zero attached hydrogens (tertiary/aromatic N) is 4. The van der Waals surface area contributed by atoms with Crippen LogP contribution in [0.25, 0.3) is 20.8 Å². The zero-order valence-electron chi connectivity index (χ0n) is 30.9. The summed E-state index contributed by atoms with van der Waals surface area (Å²) in [6, 6.07) is 9.33. The van der Waals surface area contributed by atoms with E-state index >= 15 is 0 Å². The van der Waals surface area contributed by atoms with Crippen LogP contribution in [0.15, 0.2) is 29.3 Å². The molecule has 262 valence electrons. The molecule has 4 nitrogen and oxygen atoms in total. The van der Waals surface area contributed by atoms with Crippen LogP contribution in [0.2, 0.25) is 0 Å². The van der Waals surface area contributed by atoms with E-state index in [1.54, 1.807) is 0 Å². The molecule has 1 fully saturated rings. The normalized spacial score (nSPS) is 14.1. The third-order valence-corrected chi connectivity index (χ3v) is 11.3. The van der Waals surface area contributed by atoms with Gasteiger partial charge in [-0.15, -0.1) is 11.3 Å². The van der Waals surface area contributed by atoms with Gasteiger partial charge in [0.15, 0.2) is 0 Å². The molecule has 0 amide bonds. The number of hydrogen-bond donors (Lipinski definition) is 0. The van der Waals surface area contributed by atoms with Crippen LogP contribution in [0.5, 0.6) is 0 Å². The molecule has 0 radical (unpaired) electrons. The Morgan fingerprint density at radius 1 is 0.702 bits per heavy atom. The third kappa shape index (κ3) is 12.4. The van der Waals surface area contributed by atoms with Crippen molar-refractivity contribution < 1.29 is 0 Å². The molecule has 1 aromatic carbocycles. The number of rotatable bonds is 23. The Kier molecular flexibility index (Phi) is 17.4. The Morgan fingerprint density at radius 2 is 1.28 bits per heavy atom. The number of unbranched alkanes of at least 4 members (excludes halogenated alkanes) is 17. The molecule has 4 rings (SSSR count). The van der Waals surface area contributed by atoms with E-state index in [4.69, 9.17) is 9.98 Å². The Balaban J connectivity index is 1.39. The first-order valence-corrected chi connectivity index (χ1v) is 20.8.